The van der Waals surface area contributed by atoms with Crippen molar-refractivity contribution in [1.82, 2.24) is 14.8 Å². The van der Waals surface area contributed by atoms with Crippen LogP contribution in [0.5, 0.6) is 6.01 Å². The molecule has 1 aromatic carbocycles. The summed E-state index contributed by atoms with van der Waals surface area (Å²) in [5.74, 6) is 0.0669. The van der Waals surface area contributed by atoms with E-state index in [-0.39, 0.29) is 18.4 Å². The molecule has 0 amide bonds. The van der Waals surface area contributed by atoms with Crippen molar-refractivity contribution in [3.63, 3.8) is 0 Å². The Labute approximate surface area is 91.7 Å². The molecule has 16 heavy (non-hydrogen) atoms. The van der Waals surface area contributed by atoms with E-state index in [2.05, 4.69) is 10.2 Å². The molecule has 0 spiro atoms. The van der Waals surface area contributed by atoms with E-state index < -0.39 is 0 Å². The van der Waals surface area contributed by atoms with Gasteiger partial charge in [-0.05, 0) is 12.1 Å². The molecule has 2 rings (SSSR count). The van der Waals surface area contributed by atoms with E-state index in [1.807, 2.05) is 0 Å². The first kappa shape index (κ1) is 10.6. The molecule has 0 aliphatic rings. The molecule has 0 saturated carbocycles. The van der Waals surface area contributed by atoms with Gasteiger partial charge in [-0.3, -0.25) is 0 Å². The maximum absolute atomic E-state index is 13.6. The van der Waals surface area contributed by atoms with Gasteiger partial charge in [0.25, 0.3) is 0 Å². The highest BCUT2D eigenvalue weighted by molar-refractivity contribution is 5.37. The topological polar surface area (TPSA) is 66.0 Å². The third kappa shape index (κ3) is 1.63. The van der Waals surface area contributed by atoms with Gasteiger partial charge in [-0.25, -0.2) is 8.96 Å². The Kier molecular flexibility index (Phi) is 2.82. The quantitative estimate of drug-likeness (QED) is 0.837. The molecule has 0 saturated heterocycles. The van der Waals surface area contributed by atoms with Crippen molar-refractivity contribution in [3.8, 4) is 11.7 Å². The van der Waals surface area contributed by atoms with Crippen molar-refractivity contribution in [1.29, 1.82) is 0 Å². The first-order valence-electron chi connectivity index (χ1n) is 4.71. The maximum Gasteiger partial charge on any atom is 0.321 e. The van der Waals surface area contributed by atoms with Gasteiger partial charge < -0.3 is 10.5 Å². The Morgan fingerprint density at radius 3 is 2.75 bits per heavy atom. The van der Waals surface area contributed by atoms with Crippen molar-refractivity contribution in [3.05, 3.63) is 35.9 Å². The molecular weight excluding hydrogens is 211 g/mol. The lowest BCUT2D eigenvalue weighted by atomic mass is 10.3. The molecule has 1 heterocycles. The largest absolute Gasteiger partial charge is 0.467 e. The van der Waals surface area contributed by atoms with Crippen LogP contribution in [-0.2, 0) is 6.54 Å². The van der Waals surface area contributed by atoms with Gasteiger partial charge >= 0.3 is 6.01 Å². The second-order valence-corrected chi connectivity index (χ2v) is 3.09. The first-order chi connectivity index (χ1) is 7.77. The summed E-state index contributed by atoms with van der Waals surface area (Å²) in [6.07, 6.45) is 0. The van der Waals surface area contributed by atoms with E-state index in [4.69, 9.17) is 10.5 Å². The van der Waals surface area contributed by atoms with Crippen molar-refractivity contribution >= 4 is 0 Å². The van der Waals surface area contributed by atoms with Gasteiger partial charge in [-0.1, -0.05) is 17.2 Å². The lowest BCUT2D eigenvalue weighted by molar-refractivity contribution is 0.369. The standard InChI is InChI=1S/C10H11FN4O/c1-16-10-14-13-9(6-12)15(10)8-5-3-2-4-7(8)11/h2-5H,6,12H2,1H3. The summed E-state index contributed by atoms with van der Waals surface area (Å²) < 4.78 is 20.1. The first-order valence-corrected chi connectivity index (χ1v) is 4.71. The highest BCUT2D eigenvalue weighted by Crippen LogP contribution is 2.20. The van der Waals surface area contributed by atoms with Crippen molar-refractivity contribution in [2.24, 2.45) is 5.73 Å². The molecule has 0 aliphatic carbocycles. The summed E-state index contributed by atoms with van der Waals surface area (Å²) in [7, 11) is 1.45. The Morgan fingerprint density at radius 1 is 1.38 bits per heavy atom. The minimum atomic E-state index is -0.379. The van der Waals surface area contributed by atoms with Crippen LogP contribution >= 0.6 is 0 Å². The zero-order valence-corrected chi connectivity index (χ0v) is 8.72. The second kappa shape index (κ2) is 4.28. The van der Waals surface area contributed by atoms with Crippen LogP contribution < -0.4 is 10.5 Å². The number of benzene rings is 1. The molecule has 6 heteroatoms. The molecular formula is C10H11FN4O. The lowest BCUT2D eigenvalue weighted by Crippen LogP contribution is -2.09. The van der Waals surface area contributed by atoms with Crippen LogP contribution in [0.4, 0.5) is 4.39 Å². The van der Waals surface area contributed by atoms with Gasteiger partial charge in [0, 0.05) is 0 Å². The van der Waals surface area contributed by atoms with Crippen LogP contribution in [-0.4, -0.2) is 21.9 Å². The normalized spacial score (nSPS) is 10.4. The molecule has 0 bridgehead atoms. The predicted octanol–water partition coefficient (Wildman–Crippen LogP) is 0.874. The number of methoxy groups -OCH3 is 1. The third-order valence-corrected chi connectivity index (χ3v) is 2.16. The summed E-state index contributed by atoms with van der Waals surface area (Å²) >= 11 is 0. The zero-order valence-electron chi connectivity index (χ0n) is 8.72. The number of nitrogens with two attached hydrogens (primary N) is 1. The molecule has 0 atom stereocenters. The van der Waals surface area contributed by atoms with Gasteiger partial charge in [0.1, 0.15) is 5.82 Å². The average Bonchev–Trinajstić information content (AvgIpc) is 2.72. The van der Waals surface area contributed by atoms with Gasteiger partial charge in [0.2, 0.25) is 0 Å². The Bertz CT molecular complexity index is 476. The van der Waals surface area contributed by atoms with Crippen LogP contribution in [0.2, 0.25) is 0 Å². The maximum atomic E-state index is 13.6. The molecule has 0 radical (unpaired) electrons. The summed E-state index contributed by atoms with van der Waals surface area (Å²) in [4.78, 5) is 0. The van der Waals surface area contributed by atoms with E-state index in [9.17, 15) is 4.39 Å². The number of hydrogen-bond donors (Lipinski definition) is 1. The number of rotatable bonds is 3. The van der Waals surface area contributed by atoms with Crippen molar-refractivity contribution in [2.45, 2.75) is 6.54 Å². The van der Waals surface area contributed by atoms with E-state index in [0.29, 0.717) is 11.5 Å². The van der Waals surface area contributed by atoms with Gasteiger partial charge in [0.05, 0.1) is 19.3 Å². The van der Waals surface area contributed by atoms with E-state index in [0.717, 1.165) is 0 Å². The molecule has 84 valence electrons. The van der Waals surface area contributed by atoms with Crippen LogP contribution in [0.3, 0.4) is 0 Å². The minimum absolute atomic E-state index is 0.157. The number of ether oxygens (including phenoxy) is 1. The van der Waals surface area contributed by atoms with Gasteiger partial charge in [0.15, 0.2) is 5.82 Å². The second-order valence-electron chi connectivity index (χ2n) is 3.09. The molecule has 5 nitrogen and oxygen atoms in total. The number of halogens is 1. The van der Waals surface area contributed by atoms with E-state index in [1.54, 1.807) is 18.2 Å². The monoisotopic (exact) mass is 222 g/mol. The smallest absolute Gasteiger partial charge is 0.321 e. The van der Waals surface area contributed by atoms with Gasteiger partial charge in [-0.2, -0.15) is 0 Å². The fraction of sp³-hybridized carbons (Fsp3) is 0.200. The SMILES string of the molecule is COc1nnc(CN)n1-c1ccccc1F. The fourth-order valence-electron chi connectivity index (χ4n) is 1.44. The predicted molar refractivity (Wildman–Crippen MR) is 55.8 cm³/mol. The Balaban J connectivity index is 2.62. The van der Waals surface area contributed by atoms with E-state index >= 15 is 0 Å². The molecule has 0 unspecified atom stereocenters. The molecule has 2 aromatic rings. The highest BCUT2D eigenvalue weighted by Gasteiger charge is 2.15. The number of hydrogen-bond acceptors (Lipinski definition) is 4. The minimum Gasteiger partial charge on any atom is -0.467 e. The van der Waals surface area contributed by atoms with Crippen molar-refractivity contribution in [2.75, 3.05) is 7.11 Å². The van der Waals surface area contributed by atoms with Crippen LogP contribution in [0.15, 0.2) is 24.3 Å². The third-order valence-electron chi connectivity index (χ3n) is 2.16. The lowest BCUT2D eigenvalue weighted by Gasteiger charge is -2.08. The number of para-hydroxylation sites is 1. The number of aromatic nitrogens is 3. The number of nitrogens with zero attached hydrogens (tertiary/aromatic N) is 3. The van der Waals surface area contributed by atoms with Crippen LogP contribution in [0.25, 0.3) is 5.69 Å². The van der Waals surface area contributed by atoms with E-state index in [1.165, 1.54) is 17.7 Å². The summed E-state index contributed by atoms with van der Waals surface area (Å²) in [5, 5.41) is 7.59. The zero-order chi connectivity index (χ0) is 11.5. The van der Waals surface area contributed by atoms with Crippen LogP contribution in [0, 0.1) is 5.82 Å². The molecule has 1 aromatic heterocycles. The Hall–Kier alpha value is -1.95. The summed E-state index contributed by atoms with van der Waals surface area (Å²) in [6, 6.07) is 6.51. The van der Waals surface area contributed by atoms with Crippen molar-refractivity contribution < 1.29 is 9.13 Å². The van der Waals surface area contributed by atoms with Gasteiger partial charge in [-0.15, -0.1) is 5.10 Å². The summed E-state index contributed by atoms with van der Waals surface area (Å²) in [6.45, 7) is 0.157. The molecule has 0 aliphatic heterocycles. The average molecular weight is 222 g/mol. The highest BCUT2D eigenvalue weighted by atomic mass is 19.1. The molecule has 0 fully saturated rings. The Morgan fingerprint density at radius 2 is 2.12 bits per heavy atom. The summed E-state index contributed by atoms with van der Waals surface area (Å²) in [5.41, 5.74) is 5.83. The fourth-order valence-corrected chi connectivity index (χ4v) is 1.44. The van der Waals surface area contributed by atoms with Crippen LogP contribution in [0.1, 0.15) is 5.82 Å². The molecule has 2 N–H and O–H groups in total.